The number of hydrogen-bond donors (Lipinski definition) is 2. The van der Waals surface area contributed by atoms with E-state index < -0.39 is 10.0 Å². The van der Waals surface area contributed by atoms with Crippen molar-refractivity contribution >= 4 is 27.5 Å². The van der Waals surface area contributed by atoms with Crippen molar-refractivity contribution in [3.05, 3.63) is 64.7 Å². The Kier molecular flexibility index (Phi) is 6.72. The highest BCUT2D eigenvalue weighted by Gasteiger charge is 2.22. The normalized spacial score (nSPS) is 16.1. The maximum atomic E-state index is 12.5. The highest BCUT2D eigenvalue weighted by molar-refractivity contribution is 7.89. The maximum absolute atomic E-state index is 12.5. The van der Waals surface area contributed by atoms with Crippen LogP contribution in [0.25, 0.3) is 0 Å². The fourth-order valence-electron chi connectivity index (χ4n) is 3.27. The molecule has 1 saturated heterocycles. The predicted molar refractivity (Wildman–Crippen MR) is 110 cm³/mol. The van der Waals surface area contributed by atoms with Crippen molar-refractivity contribution in [1.82, 2.24) is 14.9 Å². The predicted octanol–water partition coefficient (Wildman–Crippen LogP) is 2.64. The van der Waals surface area contributed by atoms with Crippen molar-refractivity contribution in [2.45, 2.75) is 30.3 Å². The maximum Gasteiger partial charge on any atom is 0.251 e. The number of halogens is 1. The topological polar surface area (TPSA) is 78.5 Å². The van der Waals surface area contributed by atoms with Crippen LogP contribution in [0.15, 0.2) is 53.4 Å². The first kappa shape index (κ1) is 20.8. The number of carbonyl (C=O) groups is 1. The molecule has 0 radical (unpaired) electrons. The fourth-order valence-corrected chi connectivity index (χ4v) is 4.18. The van der Waals surface area contributed by atoms with Crippen LogP contribution in [0.5, 0.6) is 0 Å². The molecule has 2 aromatic carbocycles. The van der Waals surface area contributed by atoms with Gasteiger partial charge >= 0.3 is 0 Å². The molecule has 2 N–H and O–H groups in total. The third-order valence-electron chi connectivity index (χ3n) is 4.92. The minimum atomic E-state index is -3.57. The van der Waals surface area contributed by atoms with Crippen molar-refractivity contribution in [2.24, 2.45) is 0 Å². The number of rotatable bonds is 6. The summed E-state index contributed by atoms with van der Waals surface area (Å²) in [6.07, 6.45) is 1.71. The third-order valence-corrected chi connectivity index (χ3v) is 6.58. The molecule has 0 unspecified atom stereocenters. The number of carbonyl (C=O) groups excluding carboxylic acids is 1. The zero-order valence-corrected chi connectivity index (χ0v) is 17.3. The van der Waals surface area contributed by atoms with Crippen LogP contribution in [0.2, 0.25) is 5.02 Å². The van der Waals surface area contributed by atoms with Gasteiger partial charge < -0.3 is 5.32 Å². The van der Waals surface area contributed by atoms with E-state index in [0.29, 0.717) is 5.56 Å². The van der Waals surface area contributed by atoms with Gasteiger partial charge in [0.2, 0.25) is 10.0 Å². The highest BCUT2D eigenvalue weighted by Crippen LogP contribution is 2.17. The molecule has 28 heavy (non-hydrogen) atoms. The molecule has 8 heteroatoms. The van der Waals surface area contributed by atoms with E-state index in [2.05, 4.69) is 14.9 Å². The van der Waals surface area contributed by atoms with Crippen LogP contribution in [-0.4, -0.2) is 45.4 Å². The van der Waals surface area contributed by atoms with E-state index in [-0.39, 0.29) is 16.8 Å². The largest absolute Gasteiger partial charge is 0.349 e. The Morgan fingerprint density at radius 3 is 2.46 bits per heavy atom. The van der Waals surface area contributed by atoms with E-state index >= 15 is 0 Å². The molecule has 0 aliphatic carbocycles. The number of likely N-dealkylation sites (tertiary alicyclic amines) is 1. The number of nitrogens with one attached hydrogen (secondary N) is 2. The minimum absolute atomic E-state index is 0.0820. The molecule has 1 fully saturated rings. The molecule has 1 amide bonds. The smallest absolute Gasteiger partial charge is 0.251 e. The van der Waals surface area contributed by atoms with E-state index in [0.717, 1.165) is 37.5 Å². The number of hydrogen-bond acceptors (Lipinski definition) is 4. The molecular weight excluding hydrogens is 398 g/mol. The molecule has 6 nitrogen and oxygen atoms in total. The Morgan fingerprint density at radius 1 is 1.14 bits per heavy atom. The van der Waals surface area contributed by atoms with E-state index in [1.807, 2.05) is 24.3 Å². The molecule has 3 rings (SSSR count). The summed E-state index contributed by atoms with van der Waals surface area (Å²) >= 11 is 5.92. The molecule has 0 atom stereocenters. The van der Waals surface area contributed by atoms with Gasteiger partial charge in [-0.15, -0.1) is 0 Å². The van der Waals surface area contributed by atoms with E-state index in [4.69, 9.17) is 11.6 Å². The summed E-state index contributed by atoms with van der Waals surface area (Å²) in [5.74, 6) is -0.246. The van der Waals surface area contributed by atoms with Gasteiger partial charge in [0.05, 0.1) is 4.90 Å². The van der Waals surface area contributed by atoms with Crippen LogP contribution in [0.4, 0.5) is 0 Å². The summed E-state index contributed by atoms with van der Waals surface area (Å²) < 4.78 is 26.1. The first-order valence-electron chi connectivity index (χ1n) is 9.18. The van der Waals surface area contributed by atoms with Gasteiger partial charge in [-0.2, -0.15) is 0 Å². The lowest BCUT2D eigenvalue weighted by atomic mass is 10.0. The SMILES string of the molecule is CNS(=O)(=O)c1cccc(C(=O)NC2CCN(Cc3ccc(Cl)cc3)CC2)c1. The Morgan fingerprint density at radius 2 is 1.82 bits per heavy atom. The number of benzene rings is 2. The molecule has 0 saturated carbocycles. The van der Waals surface area contributed by atoms with Crippen molar-refractivity contribution in [2.75, 3.05) is 20.1 Å². The average Bonchev–Trinajstić information content (AvgIpc) is 2.71. The summed E-state index contributed by atoms with van der Waals surface area (Å²) in [5.41, 5.74) is 1.56. The van der Waals surface area contributed by atoms with Crippen LogP contribution in [0, 0.1) is 0 Å². The molecule has 1 heterocycles. The quantitative estimate of drug-likeness (QED) is 0.751. The average molecular weight is 422 g/mol. The van der Waals surface area contributed by atoms with Gasteiger partial charge in [0.15, 0.2) is 0 Å². The summed E-state index contributed by atoms with van der Waals surface area (Å²) in [6, 6.07) is 14.0. The van der Waals surface area contributed by atoms with Crippen LogP contribution in [0.1, 0.15) is 28.8 Å². The standard InChI is InChI=1S/C20H24ClN3O3S/c1-22-28(26,27)19-4-2-3-16(13-19)20(25)23-18-9-11-24(12-10-18)14-15-5-7-17(21)8-6-15/h2-8,13,18,22H,9-12,14H2,1H3,(H,23,25). The van der Waals surface area contributed by atoms with E-state index in [1.54, 1.807) is 12.1 Å². The lowest BCUT2D eigenvalue weighted by Crippen LogP contribution is -2.44. The van der Waals surface area contributed by atoms with Crippen LogP contribution >= 0.6 is 11.6 Å². The van der Waals surface area contributed by atoms with Crippen LogP contribution in [0.3, 0.4) is 0 Å². The van der Waals surface area contributed by atoms with Crippen molar-refractivity contribution < 1.29 is 13.2 Å². The molecule has 1 aliphatic rings. The van der Waals surface area contributed by atoms with Crippen molar-refractivity contribution in [3.63, 3.8) is 0 Å². The van der Waals surface area contributed by atoms with Gasteiger partial charge in [-0.25, -0.2) is 13.1 Å². The van der Waals surface area contributed by atoms with E-state index in [1.165, 1.54) is 24.7 Å². The number of nitrogens with zero attached hydrogens (tertiary/aromatic N) is 1. The fraction of sp³-hybridized carbons (Fsp3) is 0.350. The second kappa shape index (κ2) is 9.05. The van der Waals surface area contributed by atoms with Crippen LogP contribution in [-0.2, 0) is 16.6 Å². The number of amides is 1. The molecule has 0 spiro atoms. The lowest BCUT2D eigenvalue weighted by Gasteiger charge is -2.32. The second-order valence-corrected chi connectivity index (χ2v) is 9.21. The summed E-state index contributed by atoms with van der Waals surface area (Å²) in [7, 11) is -2.22. The van der Waals surface area contributed by atoms with Crippen LogP contribution < -0.4 is 10.0 Å². The van der Waals surface area contributed by atoms with Gasteiger partial charge in [-0.05, 0) is 55.8 Å². The zero-order chi connectivity index (χ0) is 20.1. The number of piperidine rings is 1. The van der Waals surface area contributed by atoms with Gasteiger partial charge in [-0.1, -0.05) is 29.8 Å². The molecule has 0 bridgehead atoms. The van der Waals surface area contributed by atoms with Gasteiger partial charge in [-0.3, -0.25) is 9.69 Å². The van der Waals surface area contributed by atoms with E-state index in [9.17, 15) is 13.2 Å². The summed E-state index contributed by atoms with van der Waals surface area (Å²) in [5, 5.41) is 3.76. The van der Waals surface area contributed by atoms with Gasteiger partial charge in [0, 0.05) is 36.3 Å². The summed E-state index contributed by atoms with van der Waals surface area (Å²) in [6.45, 7) is 2.64. The molecular formula is C20H24ClN3O3S. The Hall–Kier alpha value is -1.93. The lowest BCUT2D eigenvalue weighted by molar-refractivity contribution is 0.0908. The van der Waals surface area contributed by atoms with Crippen molar-refractivity contribution in [1.29, 1.82) is 0 Å². The highest BCUT2D eigenvalue weighted by atomic mass is 35.5. The molecule has 1 aliphatic heterocycles. The first-order chi connectivity index (χ1) is 13.4. The zero-order valence-electron chi connectivity index (χ0n) is 15.7. The van der Waals surface area contributed by atoms with Gasteiger partial charge in [0.1, 0.15) is 0 Å². The Balaban J connectivity index is 1.54. The first-order valence-corrected chi connectivity index (χ1v) is 11.0. The Bertz CT molecular complexity index is 924. The monoisotopic (exact) mass is 421 g/mol. The second-order valence-electron chi connectivity index (χ2n) is 6.89. The molecule has 2 aromatic rings. The third kappa shape index (κ3) is 5.32. The molecule has 0 aromatic heterocycles. The van der Waals surface area contributed by atoms with Gasteiger partial charge in [0.25, 0.3) is 5.91 Å². The molecule has 150 valence electrons. The Labute approximate surface area is 170 Å². The summed E-state index contributed by atoms with van der Waals surface area (Å²) in [4.78, 5) is 15.0. The minimum Gasteiger partial charge on any atom is -0.349 e. The van der Waals surface area contributed by atoms with Crippen molar-refractivity contribution in [3.8, 4) is 0 Å². The number of sulfonamides is 1.